The summed E-state index contributed by atoms with van der Waals surface area (Å²) in [5.41, 5.74) is 0. The van der Waals surface area contributed by atoms with Crippen LogP contribution >= 0.6 is 0 Å². The Morgan fingerprint density at radius 2 is 2.14 bits per heavy atom. The SMILES string of the molecule is CCCCCCOC[C@@H]1CNCCN1. The zero-order chi connectivity index (χ0) is 10.1. The molecule has 3 nitrogen and oxygen atoms in total. The molecular formula is C11H24N2O. The molecule has 2 N–H and O–H groups in total. The zero-order valence-electron chi connectivity index (χ0n) is 9.35. The molecule has 0 aromatic heterocycles. The molecule has 1 aliphatic heterocycles. The van der Waals surface area contributed by atoms with Gasteiger partial charge < -0.3 is 15.4 Å². The van der Waals surface area contributed by atoms with Gasteiger partial charge in [0, 0.05) is 32.3 Å². The van der Waals surface area contributed by atoms with Crippen molar-refractivity contribution in [2.45, 2.75) is 38.6 Å². The molecule has 1 rings (SSSR count). The molecule has 0 spiro atoms. The van der Waals surface area contributed by atoms with E-state index in [0.717, 1.165) is 32.8 Å². The van der Waals surface area contributed by atoms with Gasteiger partial charge in [0.25, 0.3) is 0 Å². The fraction of sp³-hybridized carbons (Fsp3) is 1.00. The van der Waals surface area contributed by atoms with E-state index >= 15 is 0 Å². The highest BCUT2D eigenvalue weighted by Crippen LogP contribution is 1.99. The minimum Gasteiger partial charge on any atom is -0.380 e. The molecule has 1 heterocycles. The molecular weight excluding hydrogens is 176 g/mol. The van der Waals surface area contributed by atoms with E-state index in [-0.39, 0.29) is 0 Å². The molecule has 84 valence electrons. The van der Waals surface area contributed by atoms with Crippen LogP contribution in [0, 0.1) is 0 Å². The molecule has 0 aromatic carbocycles. The first kappa shape index (κ1) is 12.0. The summed E-state index contributed by atoms with van der Waals surface area (Å²) in [7, 11) is 0. The predicted octanol–water partition coefficient (Wildman–Crippen LogP) is 1.14. The van der Waals surface area contributed by atoms with Gasteiger partial charge in [-0.1, -0.05) is 26.2 Å². The van der Waals surface area contributed by atoms with Gasteiger partial charge in [0.2, 0.25) is 0 Å². The summed E-state index contributed by atoms with van der Waals surface area (Å²) in [6.07, 6.45) is 5.17. The third-order valence-electron chi connectivity index (χ3n) is 2.59. The highest BCUT2D eigenvalue weighted by atomic mass is 16.5. The molecule has 0 saturated carbocycles. The molecule has 14 heavy (non-hydrogen) atoms. The fourth-order valence-electron chi connectivity index (χ4n) is 1.69. The third-order valence-corrected chi connectivity index (χ3v) is 2.59. The first-order chi connectivity index (χ1) is 6.93. The molecule has 1 aliphatic rings. The lowest BCUT2D eigenvalue weighted by Gasteiger charge is -2.24. The molecule has 0 unspecified atom stereocenters. The molecule has 0 aliphatic carbocycles. The van der Waals surface area contributed by atoms with Crippen molar-refractivity contribution in [2.75, 3.05) is 32.8 Å². The summed E-state index contributed by atoms with van der Waals surface area (Å²) >= 11 is 0. The average Bonchev–Trinajstić information content (AvgIpc) is 2.25. The number of nitrogens with one attached hydrogen (secondary N) is 2. The van der Waals surface area contributed by atoms with Crippen molar-refractivity contribution in [2.24, 2.45) is 0 Å². The minimum absolute atomic E-state index is 0.523. The third kappa shape index (κ3) is 5.58. The Kier molecular flexibility index (Phi) is 7.01. The summed E-state index contributed by atoms with van der Waals surface area (Å²) in [4.78, 5) is 0. The van der Waals surface area contributed by atoms with E-state index in [9.17, 15) is 0 Å². The zero-order valence-corrected chi connectivity index (χ0v) is 9.35. The largest absolute Gasteiger partial charge is 0.380 e. The number of hydrogen-bond donors (Lipinski definition) is 2. The Bertz CT molecular complexity index is 124. The summed E-state index contributed by atoms with van der Waals surface area (Å²) in [5.74, 6) is 0. The fourth-order valence-corrected chi connectivity index (χ4v) is 1.69. The second-order valence-electron chi connectivity index (χ2n) is 3.99. The Balaban J connectivity index is 1.82. The quantitative estimate of drug-likeness (QED) is 0.605. The van der Waals surface area contributed by atoms with Crippen LogP contribution in [0.25, 0.3) is 0 Å². The molecule has 0 amide bonds. The van der Waals surface area contributed by atoms with E-state index in [0.29, 0.717) is 6.04 Å². The van der Waals surface area contributed by atoms with Crippen molar-refractivity contribution in [3.8, 4) is 0 Å². The van der Waals surface area contributed by atoms with Crippen LogP contribution in [0.2, 0.25) is 0 Å². The lowest BCUT2D eigenvalue weighted by atomic mass is 10.2. The smallest absolute Gasteiger partial charge is 0.0632 e. The molecule has 0 aromatic rings. The van der Waals surface area contributed by atoms with Crippen LogP contribution in [0.15, 0.2) is 0 Å². The summed E-state index contributed by atoms with van der Waals surface area (Å²) in [6.45, 7) is 7.24. The summed E-state index contributed by atoms with van der Waals surface area (Å²) < 4.78 is 5.62. The van der Waals surface area contributed by atoms with Crippen LogP contribution in [0.5, 0.6) is 0 Å². The van der Waals surface area contributed by atoms with Gasteiger partial charge in [-0.2, -0.15) is 0 Å². The molecule has 0 bridgehead atoms. The van der Waals surface area contributed by atoms with E-state index < -0.39 is 0 Å². The van der Waals surface area contributed by atoms with Crippen molar-refractivity contribution >= 4 is 0 Å². The van der Waals surface area contributed by atoms with Crippen molar-refractivity contribution in [1.82, 2.24) is 10.6 Å². The number of unbranched alkanes of at least 4 members (excludes halogenated alkanes) is 3. The Morgan fingerprint density at radius 3 is 2.86 bits per heavy atom. The van der Waals surface area contributed by atoms with Crippen LogP contribution in [0.1, 0.15) is 32.6 Å². The highest BCUT2D eigenvalue weighted by molar-refractivity contribution is 4.74. The predicted molar refractivity (Wildman–Crippen MR) is 59.6 cm³/mol. The maximum Gasteiger partial charge on any atom is 0.0632 e. The van der Waals surface area contributed by atoms with Crippen molar-refractivity contribution in [3.63, 3.8) is 0 Å². The first-order valence-corrected chi connectivity index (χ1v) is 5.95. The summed E-state index contributed by atoms with van der Waals surface area (Å²) in [6, 6.07) is 0.523. The number of hydrogen-bond acceptors (Lipinski definition) is 3. The van der Waals surface area contributed by atoms with Crippen LogP contribution in [-0.4, -0.2) is 38.9 Å². The van der Waals surface area contributed by atoms with Gasteiger partial charge in [-0.3, -0.25) is 0 Å². The van der Waals surface area contributed by atoms with Gasteiger partial charge in [-0.05, 0) is 6.42 Å². The highest BCUT2D eigenvalue weighted by Gasteiger charge is 2.10. The van der Waals surface area contributed by atoms with Crippen molar-refractivity contribution in [3.05, 3.63) is 0 Å². The topological polar surface area (TPSA) is 33.3 Å². The van der Waals surface area contributed by atoms with Crippen LogP contribution < -0.4 is 10.6 Å². The monoisotopic (exact) mass is 200 g/mol. The normalized spacial score (nSPS) is 22.5. The van der Waals surface area contributed by atoms with Crippen LogP contribution in [-0.2, 0) is 4.74 Å². The standard InChI is InChI=1S/C11H24N2O/c1-2-3-4-5-8-14-10-11-9-12-6-7-13-11/h11-13H,2-10H2,1H3/t11-/m0/s1. The second-order valence-corrected chi connectivity index (χ2v) is 3.99. The number of piperazine rings is 1. The lowest BCUT2D eigenvalue weighted by molar-refractivity contribution is 0.103. The number of rotatable bonds is 7. The van der Waals surface area contributed by atoms with Gasteiger partial charge in [0.05, 0.1) is 6.61 Å². The van der Waals surface area contributed by atoms with E-state index in [1.165, 1.54) is 25.7 Å². The molecule has 3 heteroatoms. The van der Waals surface area contributed by atoms with E-state index in [1.807, 2.05) is 0 Å². The van der Waals surface area contributed by atoms with Crippen LogP contribution in [0.3, 0.4) is 0 Å². The van der Waals surface area contributed by atoms with Crippen molar-refractivity contribution < 1.29 is 4.74 Å². The number of ether oxygens (including phenoxy) is 1. The van der Waals surface area contributed by atoms with Gasteiger partial charge in [-0.25, -0.2) is 0 Å². The maximum atomic E-state index is 5.62. The van der Waals surface area contributed by atoms with E-state index in [1.54, 1.807) is 0 Å². The Labute approximate surface area is 87.6 Å². The Hall–Kier alpha value is -0.120. The average molecular weight is 200 g/mol. The van der Waals surface area contributed by atoms with Crippen LogP contribution in [0.4, 0.5) is 0 Å². The lowest BCUT2D eigenvalue weighted by Crippen LogP contribution is -2.50. The minimum atomic E-state index is 0.523. The van der Waals surface area contributed by atoms with Gasteiger partial charge in [-0.15, -0.1) is 0 Å². The summed E-state index contributed by atoms with van der Waals surface area (Å²) in [5, 5.41) is 6.79. The van der Waals surface area contributed by atoms with Gasteiger partial charge in [0.1, 0.15) is 0 Å². The molecule has 1 fully saturated rings. The van der Waals surface area contributed by atoms with Gasteiger partial charge in [0.15, 0.2) is 0 Å². The van der Waals surface area contributed by atoms with Crippen molar-refractivity contribution in [1.29, 1.82) is 0 Å². The Morgan fingerprint density at radius 1 is 1.21 bits per heavy atom. The van der Waals surface area contributed by atoms with Gasteiger partial charge >= 0.3 is 0 Å². The van der Waals surface area contributed by atoms with E-state index in [4.69, 9.17) is 4.74 Å². The molecule has 0 radical (unpaired) electrons. The van der Waals surface area contributed by atoms with E-state index in [2.05, 4.69) is 17.6 Å². The first-order valence-electron chi connectivity index (χ1n) is 5.95. The molecule has 1 atom stereocenters. The maximum absolute atomic E-state index is 5.62. The molecule has 1 saturated heterocycles. The second kappa shape index (κ2) is 8.21.